The van der Waals surface area contributed by atoms with Crippen molar-refractivity contribution in [2.75, 3.05) is 57.0 Å². The molecule has 5 aromatic rings. The number of nitrogens with one attached hydrogen (secondary N) is 2. The quantitative estimate of drug-likeness (QED) is 0.0530. The number of Topliss-reactive ketones (excluding diaryl/α,β-unsaturated/α-hetero) is 1. The summed E-state index contributed by atoms with van der Waals surface area (Å²) in [7, 11) is 1.56. The Kier molecular flexibility index (Phi) is 15.3. The van der Waals surface area contributed by atoms with Crippen LogP contribution in [0.15, 0.2) is 77.7 Å². The highest BCUT2D eigenvalue weighted by Crippen LogP contribution is 2.41. The van der Waals surface area contributed by atoms with E-state index in [9.17, 15) is 34.0 Å². The first kappa shape index (κ1) is 48.3. The maximum atomic E-state index is 13.3. The minimum absolute atomic E-state index is 0.00625. The molecule has 5 heterocycles. The molecule has 1 unspecified atom stereocenters. The molecule has 2 N–H and O–H groups in total. The molecular weight excluding hydrogens is 954 g/mol. The van der Waals surface area contributed by atoms with Gasteiger partial charge in [-0.15, -0.1) is 0 Å². The van der Waals surface area contributed by atoms with Crippen molar-refractivity contribution in [1.29, 1.82) is 5.26 Å². The predicted molar refractivity (Wildman–Crippen MR) is 251 cm³/mol. The number of methoxy groups -OCH3 is 1. The summed E-state index contributed by atoms with van der Waals surface area (Å²) in [5.74, 6) is -1.38. The van der Waals surface area contributed by atoms with E-state index in [0.717, 1.165) is 44.1 Å². The van der Waals surface area contributed by atoms with Crippen LogP contribution >= 0.6 is 15.9 Å². The summed E-state index contributed by atoms with van der Waals surface area (Å²) in [6.45, 7) is 3.47. The van der Waals surface area contributed by atoms with Crippen LogP contribution in [-0.4, -0.2) is 113 Å². The predicted octanol–water partition coefficient (Wildman–Crippen LogP) is 5.42. The average molecular weight is 1000 g/mol. The van der Waals surface area contributed by atoms with Crippen molar-refractivity contribution in [1.82, 2.24) is 29.7 Å². The highest BCUT2D eigenvalue weighted by atomic mass is 79.9. The van der Waals surface area contributed by atoms with Gasteiger partial charge in [-0.3, -0.25) is 43.6 Å². The van der Waals surface area contributed by atoms with Crippen LogP contribution in [0.4, 0.5) is 11.5 Å². The van der Waals surface area contributed by atoms with Crippen molar-refractivity contribution < 1.29 is 47.7 Å². The number of benzene rings is 3. The third kappa shape index (κ3) is 10.6. The van der Waals surface area contributed by atoms with Gasteiger partial charge in [0.15, 0.2) is 17.3 Å². The van der Waals surface area contributed by atoms with Gasteiger partial charge in [0.2, 0.25) is 17.7 Å². The molecule has 3 aromatic carbocycles. The number of imidazole rings is 1. The lowest BCUT2D eigenvalue weighted by Crippen LogP contribution is -2.54. The first-order valence-corrected chi connectivity index (χ1v) is 23.2. The van der Waals surface area contributed by atoms with Crippen LogP contribution in [0.25, 0.3) is 5.69 Å². The molecule has 19 nitrogen and oxygen atoms in total. The molecule has 2 atom stereocenters. The van der Waals surface area contributed by atoms with E-state index >= 15 is 0 Å². The molecule has 1 fully saturated rings. The number of amides is 5. The number of anilines is 2. The number of imide groups is 2. The Labute approximate surface area is 405 Å². The Balaban J connectivity index is 0.756. The van der Waals surface area contributed by atoms with E-state index < -0.39 is 35.6 Å². The number of nitrogens with zero attached hydrogens (tertiary/aromatic N) is 7. The van der Waals surface area contributed by atoms with Gasteiger partial charge in [0.05, 0.1) is 68.3 Å². The third-order valence-electron chi connectivity index (χ3n) is 12.0. The van der Waals surface area contributed by atoms with Gasteiger partial charge < -0.3 is 29.2 Å². The highest BCUT2D eigenvalue weighted by molar-refractivity contribution is 9.10. The third-order valence-corrected chi connectivity index (χ3v) is 12.5. The van der Waals surface area contributed by atoms with Crippen LogP contribution in [-0.2, 0) is 41.6 Å². The number of aromatic nitrogens is 4. The van der Waals surface area contributed by atoms with Crippen LogP contribution in [0.2, 0.25) is 0 Å². The Bertz CT molecular complexity index is 2850. The van der Waals surface area contributed by atoms with Gasteiger partial charge in [0.25, 0.3) is 11.8 Å². The number of ketones is 1. The Morgan fingerprint density at radius 3 is 2.46 bits per heavy atom. The first-order valence-electron chi connectivity index (χ1n) is 22.4. The lowest BCUT2D eigenvalue weighted by molar-refractivity contribution is -0.136. The topological polar surface area (TPSA) is 237 Å². The number of carbonyl (C=O) groups is 6. The van der Waals surface area contributed by atoms with Gasteiger partial charge in [-0.1, -0.05) is 53.2 Å². The number of ether oxygens (including phenoxy) is 4. The Hall–Kier alpha value is -7.18. The van der Waals surface area contributed by atoms with Crippen molar-refractivity contribution in [2.45, 2.75) is 64.1 Å². The van der Waals surface area contributed by atoms with Crippen LogP contribution in [0, 0.1) is 11.3 Å². The van der Waals surface area contributed by atoms with E-state index in [-0.39, 0.29) is 80.9 Å². The summed E-state index contributed by atoms with van der Waals surface area (Å²) in [6, 6.07) is 18.9. The van der Waals surface area contributed by atoms with E-state index in [1.54, 1.807) is 31.8 Å². The summed E-state index contributed by atoms with van der Waals surface area (Å²) < 4.78 is 25.3. The van der Waals surface area contributed by atoms with Gasteiger partial charge in [-0.25, -0.2) is 15.0 Å². The van der Waals surface area contributed by atoms with Gasteiger partial charge in [0, 0.05) is 48.0 Å². The number of piperidine rings is 1. The van der Waals surface area contributed by atoms with Crippen molar-refractivity contribution in [3.05, 3.63) is 123 Å². The van der Waals surface area contributed by atoms with E-state index in [1.807, 2.05) is 22.8 Å². The van der Waals surface area contributed by atoms with Crippen LogP contribution < -0.4 is 20.3 Å². The zero-order chi connectivity index (χ0) is 48.6. The summed E-state index contributed by atoms with van der Waals surface area (Å²) in [5, 5.41) is 14.7. The van der Waals surface area contributed by atoms with E-state index in [4.69, 9.17) is 28.9 Å². The van der Waals surface area contributed by atoms with Gasteiger partial charge >= 0.3 is 0 Å². The SMILES string of the molecule is CC[C@@H]1c2c(C#N)ncn2-c2cnc(Cc3ccc(C(=O)CCCOCCOCCOCC(=O)Nc4cccc5c4C(=O)N(C4CCC(=O)NC4=O)C5=O)cc3OC)nc2N1Cc1ccc(Br)cc1. The minimum atomic E-state index is -1.12. The maximum Gasteiger partial charge on any atom is 0.264 e. The molecule has 1 saturated heterocycles. The molecule has 0 spiro atoms. The molecule has 5 amide bonds. The monoisotopic (exact) mass is 1000 g/mol. The molecule has 0 aliphatic carbocycles. The van der Waals surface area contributed by atoms with Crippen molar-refractivity contribution in [3.63, 3.8) is 0 Å². The van der Waals surface area contributed by atoms with E-state index in [1.165, 1.54) is 18.2 Å². The van der Waals surface area contributed by atoms with Gasteiger partial charge in [-0.2, -0.15) is 5.26 Å². The second kappa shape index (κ2) is 21.8. The molecule has 20 heteroatoms. The zero-order valence-electron chi connectivity index (χ0n) is 37.9. The number of rotatable bonds is 21. The Morgan fingerprint density at radius 1 is 0.957 bits per heavy atom. The van der Waals surface area contributed by atoms with Crippen molar-refractivity contribution in [2.24, 2.45) is 0 Å². The van der Waals surface area contributed by atoms with Crippen molar-refractivity contribution in [3.8, 4) is 17.5 Å². The normalized spacial score (nSPS) is 16.1. The Morgan fingerprint density at radius 2 is 1.72 bits per heavy atom. The molecule has 3 aliphatic rings. The molecule has 0 saturated carbocycles. The molecule has 2 aromatic heterocycles. The second-order valence-electron chi connectivity index (χ2n) is 16.4. The fourth-order valence-corrected chi connectivity index (χ4v) is 8.89. The van der Waals surface area contributed by atoms with Gasteiger partial charge in [0.1, 0.15) is 42.3 Å². The standard InChI is InChI=1S/C49H48BrN9O10/c1-3-36-45-35(24-51)53-28-58(45)38-25-52-41(55-46(38)57(36)26-29-9-13-32(50)14-10-29)23-31-12-11-30(22-40(31)66-2)39(60)8-5-17-67-18-19-68-20-21-69-27-43(62)54-34-7-4-6-33-44(34)49(65)59(48(33)64)37-15-16-42(61)56-47(37)63/h4,6-7,9-14,22,25,28,36-37H,3,5,8,15-21,23,26-27H2,1-2H3,(H,54,62)(H,56,61,63)/t36-,37?/m1/s1. The van der Waals surface area contributed by atoms with Crippen LogP contribution in [0.3, 0.4) is 0 Å². The highest BCUT2D eigenvalue weighted by Gasteiger charge is 2.46. The molecule has 69 heavy (non-hydrogen) atoms. The number of hydrogen-bond acceptors (Lipinski definition) is 15. The summed E-state index contributed by atoms with van der Waals surface area (Å²) in [5.41, 5.74) is 4.46. The lowest BCUT2D eigenvalue weighted by Gasteiger charge is -2.38. The largest absolute Gasteiger partial charge is 0.496 e. The zero-order valence-corrected chi connectivity index (χ0v) is 39.5. The number of nitriles is 1. The molecule has 356 valence electrons. The lowest BCUT2D eigenvalue weighted by atomic mass is 10.0. The molecule has 0 bridgehead atoms. The maximum absolute atomic E-state index is 13.3. The second-order valence-corrected chi connectivity index (χ2v) is 17.3. The number of fused-ring (bicyclic) bond motifs is 4. The molecule has 3 aliphatic heterocycles. The number of halogens is 1. The van der Waals surface area contributed by atoms with E-state index in [0.29, 0.717) is 48.8 Å². The fraction of sp³-hybridized carbons (Fsp3) is 0.347. The van der Waals surface area contributed by atoms with Crippen molar-refractivity contribution >= 4 is 62.8 Å². The van der Waals surface area contributed by atoms with Gasteiger partial charge in [-0.05, 0) is 55.2 Å². The first-order chi connectivity index (χ1) is 33.5. The summed E-state index contributed by atoms with van der Waals surface area (Å²) >= 11 is 3.52. The van der Waals surface area contributed by atoms with Crippen LogP contribution in [0.1, 0.15) is 104 Å². The average Bonchev–Trinajstić information content (AvgIpc) is 3.89. The molecule has 8 rings (SSSR count). The molecular formula is C49H48BrN9O10. The summed E-state index contributed by atoms with van der Waals surface area (Å²) in [6.07, 6.45) is 5.26. The number of carbonyl (C=O) groups excluding carboxylic acids is 6. The van der Waals surface area contributed by atoms with Crippen LogP contribution in [0.5, 0.6) is 5.75 Å². The van der Waals surface area contributed by atoms with E-state index in [2.05, 4.69) is 61.6 Å². The fourth-order valence-electron chi connectivity index (χ4n) is 8.63. The number of hydrogen-bond donors (Lipinski definition) is 2. The summed E-state index contributed by atoms with van der Waals surface area (Å²) in [4.78, 5) is 93.4. The minimum Gasteiger partial charge on any atom is -0.496 e. The molecule has 0 radical (unpaired) electrons. The smallest absolute Gasteiger partial charge is 0.264 e.